The highest BCUT2D eigenvalue weighted by atomic mass is 35.5. The van der Waals surface area contributed by atoms with Gasteiger partial charge in [0.1, 0.15) is 11.4 Å². The van der Waals surface area contributed by atoms with E-state index in [-0.39, 0.29) is 0 Å². The number of halogens is 2. The van der Waals surface area contributed by atoms with Crippen LogP contribution >= 0.6 is 34.5 Å². The van der Waals surface area contributed by atoms with E-state index in [0.29, 0.717) is 28.2 Å². The first kappa shape index (κ1) is 14.7. The van der Waals surface area contributed by atoms with Crippen molar-refractivity contribution in [2.75, 3.05) is 6.54 Å². The molecule has 0 aliphatic carbocycles. The Hall–Kier alpha value is -1.27. The Bertz CT molecular complexity index is 769. The molecule has 7 heteroatoms. The summed E-state index contributed by atoms with van der Waals surface area (Å²) in [4.78, 5) is 5.42. The molecule has 0 fully saturated rings. The zero-order chi connectivity index (χ0) is 14.8. The van der Waals surface area contributed by atoms with Crippen LogP contribution in [-0.4, -0.2) is 15.9 Å². The fourth-order valence-electron chi connectivity index (χ4n) is 1.95. The molecule has 0 bridgehead atoms. The first-order valence-electron chi connectivity index (χ1n) is 6.47. The van der Waals surface area contributed by atoms with Crippen molar-refractivity contribution in [1.29, 1.82) is 0 Å². The van der Waals surface area contributed by atoms with Crippen LogP contribution in [0.15, 0.2) is 29.8 Å². The van der Waals surface area contributed by atoms with E-state index in [9.17, 15) is 0 Å². The number of thiazole rings is 1. The van der Waals surface area contributed by atoms with E-state index in [1.54, 1.807) is 29.5 Å². The molecule has 0 aliphatic rings. The minimum Gasteiger partial charge on any atom is -0.437 e. The molecule has 2 heterocycles. The van der Waals surface area contributed by atoms with Crippen molar-refractivity contribution in [1.82, 2.24) is 14.7 Å². The van der Waals surface area contributed by atoms with Crippen LogP contribution < -0.4 is 10.1 Å². The van der Waals surface area contributed by atoms with Crippen molar-refractivity contribution in [2.45, 2.75) is 13.5 Å². The normalized spacial score (nSPS) is 11.2. The van der Waals surface area contributed by atoms with Crippen LogP contribution in [0, 0.1) is 0 Å². The number of ether oxygens (including phenoxy) is 1. The molecule has 0 atom stereocenters. The molecule has 21 heavy (non-hydrogen) atoms. The Kier molecular flexibility index (Phi) is 4.35. The van der Waals surface area contributed by atoms with Crippen molar-refractivity contribution in [3.05, 3.63) is 45.5 Å². The molecule has 0 amide bonds. The number of nitrogens with one attached hydrogen (secondary N) is 1. The molecule has 110 valence electrons. The van der Waals surface area contributed by atoms with Gasteiger partial charge in [0, 0.05) is 24.2 Å². The average molecular weight is 342 g/mol. The summed E-state index contributed by atoms with van der Waals surface area (Å²) >= 11 is 13.5. The minimum atomic E-state index is 0.462. The molecule has 0 radical (unpaired) electrons. The zero-order valence-electron chi connectivity index (χ0n) is 11.3. The quantitative estimate of drug-likeness (QED) is 0.736. The second-order valence-electron chi connectivity index (χ2n) is 4.38. The number of rotatable bonds is 5. The lowest BCUT2D eigenvalue weighted by atomic mass is 10.3. The molecular weight excluding hydrogens is 329 g/mol. The average Bonchev–Trinajstić information content (AvgIpc) is 3.02. The van der Waals surface area contributed by atoms with Gasteiger partial charge in [0.15, 0.2) is 4.96 Å². The Morgan fingerprint density at radius 1 is 1.33 bits per heavy atom. The summed E-state index contributed by atoms with van der Waals surface area (Å²) in [5, 5.41) is 6.26. The smallest absolute Gasteiger partial charge is 0.243 e. The zero-order valence-corrected chi connectivity index (χ0v) is 13.6. The molecule has 3 rings (SSSR count). The van der Waals surface area contributed by atoms with E-state index in [4.69, 9.17) is 27.9 Å². The standard InChI is InChI=1S/C14H13Cl2N3OS/c1-2-17-8-12-13(18-14-19(12)5-6-21-14)20-9-3-4-10(15)11(16)7-9/h3-7,17H,2,8H2,1H3. The van der Waals surface area contributed by atoms with Gasteiger partial charge in [-0.15, -0.1) is 11.3 Å². The Morgan fingerprint density at radius 2 is 2.19 bits per heavy atom. The molecule has 1 aromatic carbocycles. The third-order valence-corrected chi connectivity index (χ3v) is 4.47. The summed E-state index contributed by atoms with van der Waals surface area (Å²) in [6.07, 6.45) is 1.99. The van der Waals surface area contributed by atoms with E-state index < -0.39 is 0 Å². The summed E-state index contributed by atoms with van der Waals surface area (Å²) in [6, 6.07) is 5.18. The maximum Gasteiger partial charge on any atom is 0.243 e. The SMILES string of the molecule is CCNCc1c(Oc2ccc(Cl)c(Cl)c2)nc2sccn12. The van der Waals surface area contributed by atoms with E-state index >= 15 is 0 Å². The van der Waals surface area contributed by atoms with Crippen LogP contribution in [-0.2, 0) is 6.54 Å². The molecule has 2 aromatic heterocycles. The summed E-state index contributed by atoms with van der Waals surface area (Å²) in [6.45, 7) is 3.62. The van der Waals surface area contributed by atoms with Crippen molar-refractivity contribution < 1.29 is 4.74 Å². The number of hydrogen-bond donors (Lipinski definition) is 1. The van der Waals surface area contributed by atoms with Gasteiger partial charge >= 0.3 is 0 Å². The summed E-state index contributed by atoms with van der Waals surface area (Å²) in [5.41, 5.74) is 0.985. The number of nitrogens with zero attached hydrogens (tertiary/aromatic N) is 2. The maximum atomic E-state index is 6.01. The molecule has 0 saturated carbocycles. The topological polar surface area (TPSA) is 38.6 Å². The molecule has 4 nitrogen and oxygen atoms in total. The third kappa shape index (κ3) is 3.01. The van der Waals surface area contributed by atoms with Crippen LogP contribution in [0.1, 0.15) is 12.6 Å². The lowest BCUT2D eigenvalue weighted by Gasteiger charge is -2.07. The largest absolute Gasteiger partial charge is 0.437 e. The van der Waals surface area contributed by atoms with Crippen LogP contribution in [0.2, 0.25) is 10.0 Å². The lowest BCUT2D eigenvalue weighted by Crippen LogP contribution is -2.13. The first-order chi connectivity index (χ1) is 10.2. The number of benzene rings is 1. The number of hydrogen-bond acceptors (Lipinski definition) is 4. The summed E-state index contributed by atoms with van der Waals surface area (Å²) in [7, 11) is 0. The lowest BCUT2D eigenvalue weighted by molar-refractivity contribution is 0.456. The highest BCUT2D eigenvalue weighted by Crippen LogP contribution is 2.31. The number of fused-ring (bicyclic) bond motifs is 1. The fourth-order valence-corrected chi connectivity index (χ4v) is 2.96. The Labute approximate surface area is 136 Å². The highest BCUT2D eigenvalue weighted by Gasteiger charge is 2.15. The maximum absolute atomic E-state index is 6.01. The number of imidazole rings is 1. The second-order valence-corrected chi connectivity index (χ2v) is 6.06. The predicted octanol–water partition coefficient (Wildman–Crippen LogP) is 4.60. The van der Waals surface area contributed by atoms with Gasteiger partial charge in [-0.1, -0.05) is 30.1 Å². The van der Waals surface area contributed by atoms with Crippen LogP contribution in [0.4, 0.5) is 0 Å². The van der Waals surface area contributed by atoms with Gasteiger partial charge in [-0.2, -0.15) is 4.98 Å². The Balaban J connectivity index is 1.94. The van der Waals surface area contributed by atoms with Crippen LogP contribution in [0.3, 0.4) is 0 Å². The van der Waals surface area contributed by atoms with E-state index in [2.05, 4.69) is 17.2 Å². The Morgan fingerprint density at radius 3 is 2.95 bits per heavy atom. The van der Waals surface area contributed by atoms with Gasteiger partial charge in [-0.25, -0.2) is 0 Å². The van der Waals surface area contributed by atoms with Gasteiger partial charge < -0.3 is 10.1 Å². The van der Waals surface area contributed by atoms with Crippen LogP contribution in [0.5, 0.6) is 11.6 Å². The van der Waals surface area contributed by atoms with E-state index in [1.807, 2.05) is 16.0 Å². The van der Waals surface area contributed by atoms with Gasteiger partial charge in [0.05, 0.1) is 10.0 Å². The molecular formula is C14H13Cl2N3OS. The summed E-state index contributed by atoms with van der Waals surface area (Å²) < 4.78 is 7.91. The van der Waals surface area contributed by atoms with Gasteiger partial charge in [-0.3, -0.25) is 4.40 Å². The van der Waals surface area contributed by atoms with Crippen molar-refractivity contribution in [3.63, 3.8) is 0 Å². The van der Waals surface area contributed by atoms with Gasteiger partial charge in [0.2, 0.25) is 5.88 Å². The molecule has 0 spiro atoms. The predicted molar refractivity (Wildman–Crippen MR) is 87.0 cm³/mol. The highest BCUT2D eigenvalue weighted by molar-refractivity contribution is 7.15. The van der Waals surface area contributed by atoms with Crippen molar-refractivity contribution in [2.24, 2.45) is 0 Å². The summed E-state index contributed by atoms with van der Waals surface area (Å²) in [5.74, 6) is 1.20. The fraction of sp³-hybridized carbons (Fsp3) is 0.214. The minimum absolute atomic E-state index is 0.462. The third-order valence-electron chi connectivity index (χ3n) is 2.97. The van der Waals surface area contributed by atoms with E-state index in [1.165, 1.54) is 0 Å². The van der Waals surface area contributed by atoms with Gasteiger partial charge in [-0.05, 0) is 18.7 Å². The second kappa shape index (κ2) is 6.23. The molecule has 0 saturated heterocycles. The van der Waals surface area contributed by atoms with Gasteiger partial charge in [0.25, 0.3) is 0 Å². The molecule has 0 aliphatic heterocycles. The van der Waals surface area contributed by atoms with E-state index in [0.717, 1.165) is 17.2 Å². The molecule has 3 aromatic rings. The van der Waals surface area contributed by atoms with Crippen molar-refractivity contribution >= 4 is 39.5 Å². The molecule has 1 N–H and O–H groups in total. The first-order valence-corrected chi connectivity index (χ1v) is 8.10. The monoisotopic (exact) mass is 341 g/mol. The van der Waals surface area contributed by atoms with Crippen LogP contribution in [0.25, 0.3) is 4.96 Å². The van der Waals surface area contributed by atoms with Crippen molar-refractivity contribution in [3.8, 4) is 11.6 Å². The number of aromatic nitrogens is 2. The molecule has 0 unspecified atom stereocenters.